The average Bonchev–Trinajstić information content (AvgIpc) is 3.19. The minimum Gasteiger partial charge on any atom is -0.391 e. The Bertz CT molecular complexity index is 1030. The second-order valence-electron chi connectivity index (χ2n) is 7.57. The van der Waals surface area contributed by atoms with E-state index in [1.807, 2.05) is 0 Å². The van der Waals surface area contributed by atoms with Gasteiger partial charge in [-0.05, 0) is 56.6 Å². The Morgan fingerprint density at radius 2 is 1.40 bits per heavy atom. The molecule has 1 aliphatic rings. The molecule has 1 aliphatic carbocycles. The Balaban J connectivity index is 1.73. The number of rotatable bonds is 3. The Hall–Kier alpha value is -2.16. The lowest BCUT2D eigenvalue weighted by Gasteiger charge is -2.26. The molecule has 4 aromatic rings. The van der Waals surface area contributed by atoms with E-state index in [1.54, 1.807) is 0 Å². The monoisotopic (exact) mass is 329 g/mol. The highest BCUT2D eigenvalue weighted by Crippen LogP contribution is 2.39. The van der Waals surface area contributed by atoms with Crippen LogP contribution in [0, 0.1) is 5.92 Å². The van der Waals surface area contributed by atoms with Crippen molar-refractivity contribution in [2.45, 2.75) is 37.8 Å². The molecular formula is C23H23NO. The van der Waals surface area contributed by atoms with Crippen LogP contribution in [0.1, 0.15) is 37.3 Å². The van der Waals surface area contributed by atoms with Gasteiger partial charge in [0.05, 0.1) is 12.1 Å². The van der Waals surface area contributed by atoms with Gasteiger partial charge < -0.3 is 10.8 Å². The van der Waals surface area contributed by atoms with Gasteiger partial charge in [0.1, 0.15) is 0 Å². The Labute approximate surface area is 147 Å². The number of aliphatic hydroxyl groups excluding tert-OH is 1. The molecule has 2 nitrogen and oxygen atoms in total. The van der Waals surface area contributed by atoms with E-state index >= 15 is 0 Å². The van der Waals surface area contributed by atoms with Gasteiger partial charge in [0, 0.05) is 0 Å². The number of aliphatic hydroxyl groups is 1. The van der Waals surface area contributed by atoms with Crippen LogP contribution in [0.25, 0.3) is 32.3 Å². The van der Waals surface area contributed by atoms with E-state index in [1.165, 1.54) is 45.2 Å². The first kappa shape index (κ1) is 15.1. The third-order valence-corrected chi connectivity index (χ3v) is 6.17. The van der Waals surface area contributed by atoms with E-state index in [2.05, 4.69) is 54.6 Å². The molecule has 2 heteroatoms. The smallest absolute Gasteiger partial charge is 0.0761 e. The number of hydrogen-bond donors (Lipinski definition) is 2. The fourth-order valence-electron chi connectivity index (χ4n) is 4.82. The summed E-state index contributed by atoms with van der Waals surface area (Å²) in [6.45, 7) is 0. The summed E-state index contributed by atoms with van der Waals surface area (Å²) in [5, 5.41) is 18.4. The quantitative estimate of drug-likeness (QED) is 0.512. The maximum absolute atomic E-state index is 10.8. The Morgan fingerprint density at radius 1 is 0.800 bits per heavy atom. The van der Waals surface area contributed by atoms with E-state index in [-0.39, 0.29) is 6.04 Å². The molecule has 1 saturated carbocycles. The molecule has 0 spiro atoms. The number of hydrogen-bond acceptors (Lipinski definition) is 2. The predicted molar refractivity (Wildman–Crippen MR) is 105 cm³/mol. The van der Waals surface area contributed by atoms with Crippen molar-refractivity contribution in [1.82, 2.24) is 0 Å². The van der Waals surface area contributed by atoms with Gasteiger partial charge in [0.25, 0.3) is 0 Å². The van der Waals surface area contributed by atoms with Crippen LogP contribution < -0.4 is 5.73 Å². The van der Waals surface area contributed by atoms with Crippen LogP contribution in [0.5, 0.6) is 0 Å². The molecule has 0 aromatic heterocycles. The van der Waals surface area contributed by atoms with Gasteiger partial charge in [0.2, 0.25) is 0 Å². The zero-order valence-electron chi connectivity index (χ0n) is 14.3. The zero-order valence-corrected chi connectivity index (χ0v) is 14.3. The second kappa shape index (κ2) is 5.69. The molecule has 0 heterocycles. The molecule has 0 radical (unpaired) electrons. The van der Waals surface area contributed by atoms with Crippen molar-refractivity contribution < 1.29 is 5.11 Å². The normalized spacial score (nSPS) is 18.5. The van der Waals surface area contributed by atoms with Crippen molar-refractivity contribution in [3.05, 3.63) is 60.2 Å². The number of benzene rings is 4. The summed E-state index contributed by atoms with van der Waals surface area (Å²) >= 11 is 0. The largest absolute Gasteiger partial charge is 0.391 e. The van der Waals surface area contributed by atoms with E-state index in [4.69, 9.17) is 5.73 Å². The molecular weight excluding hydrogens is 306 g/mol. The first-order valence-electron chi connectivity index (χ1n) is 9.34. The SMILES string of the molecule is N[C@@H](c1ccc2ccc3cccc4ccc1c2c34)[C@H](O)C1CCCC1. The maximum Gasteiger partial charge on any atom is 0.0761 e. The third kappa shape index (κ3) is 2.25. The topological polar surface area (TPSA) is 46.2 Å². The molecule has 2 atom stereocenters. The van der Waals surface area contributed by atoms with E-state index < -0.39 is 6.10 Å². The van der Waals surface area contributed by atoms with E-state index in [9.17, 15) is 5.11 Å². The maximum atomic E-state index is 10.8. The van der Waals surface area contributed by atoms with Gasteiger partial charge in [-0.3, -0.25) is 0 Å². The minimum absolute atomic E-state index is 0.326. The van der Waals surface area contributed by atoms with Gasteiger partial charge in [-0.15, -0.1) is 0 Å². The fraction of sp³-hybridized carbons (Fsp3) is 0.304. The van der Waals surface area contributed by atoms with E-state index in [0.29, 0.717) is 5.92 Å². The molecule has 4 aromatic carbocycles. The Morgan fingerprint density at radius 3 is 2.12 bits per heavy atom. The first-order valence-corrected chi connectivity index (χ1v) is 9.34. The summed E-state index contributed by atoms with van der Waals surface area (Å²) in [7, 11) is 0. The summed E-state index contributed by atoms with van der Waals surface area (Å²) in [4.78, 5) is 0. The highest BCUT2D eigenvalue weighted by molar-refractivity contribution is 6.23. The van der Waals surface area contributed by atoms with Crippen molar-refractivity contribution in [2.75, 3.05) is 0 Å². The van der Waals surface area contributed by atoms with E-state index in [0.717, 1.165) is 18.4 Å². The summed E-state index contributed by atoms with van der Waals surface area (Å²) in [5.74, 6) is 0.341. The summed E-state index contributed by atoms with van der Waals surface area (Å²) in [5.41, 5.74) is 7.64. The van der Waals surface area contributed by atoms with Crippen molar-refractivity contribution in [3.8, 4) is 0 Å². The molecule has 0 saturated heterocycles. The van der Waals surface area contributed by atoms with Gasteiger partial charge >= 0.3 is 0 Å². The van der Waals surface area contributed by atoms with Crippen LogP contribution >= 0.6 is 0 Å². The van der Waals surface area contributed by atoms with Crippen molar-refractivity contribution in [2.24, 2.45) is 11.7 Å². The molecule has 3 N–H and O–H groups in total. The highest BCUT2D eigenvalue weighted by Gasteiger charge is 2.29. The van der Waals surface area contributed by atoms with Crippen molar-refractivity contribution >= 4 is 32.3 Å². The van der Waals surface area contributed by atoms with Crippen LogP contribution in [0.2, 0.25) is 0 Å². The van der Waals surface area contributed by atoms with Crippen LogP contribution in [-0.2, 0) is 0 Å². The minimum atomic E-state index is -0.457. The third-order valence-electron chi connectivity index (χ3n) is 6.17. The molecule has 126 valence electrons. The standard InChI is InChI=1S/C23H23NO/c24-22(23(25)17-4-1-2-5-17)19-13-11-16-9-8-14-6-3-7-15-10-12-18(19)21(16)20(14)15/h3,6-13,17,22-23,25H,1-2,4-5,24H2/t22-,23+/m0/s1. The van der Waals surface area contributed by atoms with Gasteiger partial charge in [-0.2, -0.15) is 0 Å². The van der Waals surface area contributed by atoms with Gasteiger partial charge in [-0.1, -0.05) is 67.4 Å². The highest BCUT2D eigenvalue weighted by atomic mass is 16.3. The van der Waals surface area contributed by atoms with Crippen LogP contribution in [0.3, 0.4) is 0 Å². The van der Waals surface area contributed by atoms with Crippen LogP contribution in [0.4, 0.5) is 0 Å². The lowest BCUT2D eigenvalue weighted by molar-refractivity contribution is 0.0849. The van der Waals surface area contributed by atoms with Crippen LogP contribution in [0.15, 0.2) is 54.6 Å². The molecule has 0 bridgehead atoms. The van der Waals surface area contributed by atoms with Crippen LogP contribution in [-0.4, -0.2) is 11.2 Å². The zero-order chi connectivity index (χ0) is 17.0. The summed E-state index contributed by atoms with van der Waals surface area (Å²) < 4.78 is 0. The molecule has 5 rings (SSSR count). The fourth-order valence-corrected chi connectivity index (χ4v) is 4.82. The molecule has 0 amide bonds. The second-order valence-corrected chi connectivity index (χ2v) is 7.57. The Kier molecular flexibility index (Phi) is 3.44. The lowest BCUT2D eigenvalue weighted by atomic mass is 9.86. The molecule has 0 aliphatic heterocycles. The molecule has 25 heavy (non-hydrogen) atoms. The first-order chi connectivity index (χ1) is 12.2. The van der Waals surface area contributed by atoms with Crippen molar-refractivity contribution in [3.63, 3.8) is 0 Å². The van der Waals surface area contributed by atoms with Gasteiger partial charge in [-0.25, -0.2) is 0 Å². The molecule has 1 fully saturated rings. The summed E-state index contributed by atoms with van der Waals surface area (Å²) in [6, 6.07) is 19.1. The van der Waals surface area contributed by atoms with Crippen molar-refractivity contribution in [1.29, 1.82) is 0 Å². The van der Waals surface area contributed by atoms with Gasteiger partial charge in [0.15, 0.2) is 0 Å². The predicted octanol–water partition coefficient (Wildman–Crippen LogP) is 5.13. The average molecular weight is 329 g/mol. The number of nitrogens with two attached hydrogens (primary N) is 1. The molecule has 0 unspecified atom stereocenters. The summed E-state index contributed by atoms with van der Waals surface area (Å²) in [6.07, 6.45) is 4.17. The lowest BCUT2D eigenvalue weighted by Crippen LogP contribution is -2.32.